The Kier molecular flexibility index (Phi) is 7.79. The number of hydrogen-bond acceptors (Lipinski definition) is 7. The first-order valence-electron chi connectivity index (χ1n) is 10.8. The molecule has 1 aromatic heterocycles. The van der Waals surface area contributed by atoms with E-state index in [2.05, 4.69) is 21.4 Å². The van der Waals surface area contributed by atoms with Crippen molar-refractivity contribution in [1.82, 2.24) is 9.97 Å². The maximum Gasteiger partial charge on any atom is 0.373 e. The first-order valence-corrected chi connectivity index (χ1v) is 12.0. The number of anilines is 2. The molecule has 0 amide bonds. The Labute approximate surface area is 227 Å². The van der Waals surface area contributed by atoms with Gasteiger partial charge in [0.05, 0.1) is 16.9 Å². The predicted molar refractivity (Wildman–Crippen MR) is 143 cm³/mol. The largest absolute Gasteiger partial charge is 0.434 e. The molecule has 0 aliphatic heterocycles. The second kappa shape index (κ2) is 11.0. The number of aryl methyl sites for hydroxylation is 2. The van der Waals surface area contributed by atoms with Gasteiger partial charge in [-0.05, 0) is 72.5 Å². The molecule has 37 heavy (non-hydrogen) atoms. The Morgan fingerprint density at radius 3 is 2.38 bits per heavy atom. The third kappa shape index (κ3) is 5.75. The van der Waals surface area contributed by atoms with Crippen LogP contribution in [-0.2, 0) is 0 Å². The first kappa shape index (κ1) is 26.2. The molecule has 0 fully saturated rings. The van der Waals surface area contributed by atoms with Gasteiger partial charge in [-0.2, -0.15) is 10.2 Å². The van der Waals surface area contributed by atoms with Gasteiger partial charge in [0.15, 0.2) is 0 Å². The maximum absolute atomic E-state index is 12.0. The van der Waals surface area contributed by atoms with Gasteiger partial charge in [0.2, 0.25) is 5.82 Å². The van der Waals surface area contributed by atoms with Crippen LogP contribution in [0.15, 0.2) is 60.9 Å². The van der Waals surface area contributed by atoms with E-state index in [1.54, 1.807) is 68.4 Å². The summed E-state index contributed by atoms with van der Waals surface area (Å²) >= 11 is 18.6. The van der Waals surface area contributed by atoms with Gasteiger partial charge in [0.25, 0.3) is 0 Å². The van der Waals surface area contributed by atoms with E-state index < -0.39 is 16.5 Å². The summed E-state index contributed by atoms with van der Waals surface area (Å²) in [7, 11) is 0. The molecule has 0 bridgehead atoms. The van der Waals surface area contributed by atoms with Crippen LogP contribution in [0.4, 0.5) is 17.2 Å². The van der Waals surface area contributed by atoms with E-state index in [1.165, 1.54) is 0 Å². The number of halogens is 3. The lowest BCUT2D eigenvalue weighted by Gasteiger charge is -2.16. The molecule has 4 rings (SSSR count). The third-order valence-corrected chi connectivity index (χ3v) is 6.56. The Morgan fingerprint density at radius 2 is 1.73 bits per heavy atom. The van der Waals surface area contributed by atoms with Gasteiger partial charge < -0.3 is 10.1 Å². The maximum atomic E-state index is 12.0. The van der Waals surface area contributed by atoms with Gasteiger partial charge >= 0.3 is 11.6 Å². The number of aromatic nitrogens is 2. The van der Waals surface area contributed by atoms with Gasteiger partial charge in [0.1, 0.15) is 12.1 Å². The minimum absolute atomic E-state index is 0.0814. The highest BCUT2D eigenvalue weighted by Crippen LogP contribution is 2.39. The molecule has 186 valence electrons. The lowest BCUT2D eigenvalue weighted by molar-refractivity contribution is -0.385. The van der Waals surface area contributed by atoms with Gasteiger partial charge in [-0.3, -0.25) is 10.1 Å². The molecular weight excluding hydrogens is 537 g/mol. The van der Waals surface area contributed by atoms with E-state index in [9.17, 15) is 15.4 Å². The van der Waals surface area contributed by atoms with Crippen LogP contribution in [0, 0.1) is 35.3 Å². The standard InChI is InChI=1S/C26H18Cl3N5O3/c1-14-9-18(7-8-21(14)28)37-26-24(34(35)36)25(31-13-32-26)33-23-11-22(29)19(10-15(23)2)20(12-30)16-3-5-17(27)6-4-16/h3-11,13,20H,1-2H3,(H,31,32,33). The molecule has 1 heterocycles. The van der Waals surface area contributed by atoms with E-state index in [0.29, 0.717) is 37.6 Å². The minimum Gasteiger partial charge on any atom is -0.434 e. The van der Waals surface area contributed by atoms with E-state index in [0.717, 1.165) is 17.5 Å². The van der Waals surface area contributed by atoms with Crippen LogP contribution >= 0.6 is 34.8 Å². The van der Waals surface area contributed by atoms with Crippen LogP contribution in [0.25, 0.3) is 0 Å². The van der Waals surface area contributed by atoms with Crippen molar-refractivity contribution < 1.29 is 9.66 Å². The molecule has 0 aliphatic rings. The molecule has 3 aromatic carbocycles. The fourth-order valence-electron chi connectivity index (χ4n) is 3.65. The van der Waals surface area contributed by atoms with Crippen LogP contribution in [0.5, 0.6) is 11.6 Å². The number of nitriles is 1. The van der Waals surface area contributed by atoms with Crippen LogP contribution < -0.4 is 10.1 Å². The zero-order chi connectivity index (χ0) is 26.7. The number of nitro groups is 1. The quantitative estimate of drug-likeness (QED) is 0.181. The molecule has 1 unspecified atom stereocenters. The van der Waals surface area contributed by atoms with E-state index in [-0.39, 0.29) is 11.7 Å². The summed E-state index contributed by atoms with van der Waals surface area (Å²) in [6.07, 6.45) is 1.16. The normalized spacial score (nSPS) is 11.5. The molecule has 0 spiro atoms. The minimum atomic E-state index is -0.631. The Balaban J connectivity index is 1.68. The fourth-order valence-corrected chi connectivity index (χ4v) is 4.17. The Bertz CT molecular complexity index is 1540. The van der Waals surface area contributed by atoms with Crippen LogP contribution in [0.1, 0.15) is 28.2 Å². The third-order valence-electron chi connectivity index (χ3n) is 5.56. The second-order valence-corrected chi connectivity index (χ2v) is 9.32. The van der Waals surface area contributed by atoms with E-state index in [1.807, 2.05) is 0 Å². The monoisotopic (exact) mass is 553 g/mol. The summed E-state index contributed by atoms with van der Waals surface area (Å²) in [5.74, 6) is -0.615. The van der Waals surface area contributed by atoms with Crippen molar-refractivity contribution in [3.05, 3.63) is 108 Å². The molecule has 0 aliphatic carbocycles. The van der Waals surface area contributed by atoms with Crippen LogP contribution in [0.2, 0.25) is 15.1 Å². The van der Waals surface area contributed by atoms with Gasteiger partial charge in [-0.1, -0.05) is 53.0 Å². The average molecular weight is 555 g/mol. The molecule has 0 saturated carbocycles. The number of hydrogen-bond donors (Lipinski definition) is 1. The molecular formula is C26H18Cl3N5O3. The van der Waals surface area contributed by atoms with Crippen LogP contribution in [-0.4, -0.2) is 14.9 Å². The van der Waals surface area contributed by atoms with Crippen molar-refractivity contribution in [2.45, 2.75) is 19.8 Å². The fraction of sp³-hybridized carbons (Fsp3) is 0.115. The molecule has 0 saturated heterocycles. The summed E-state index contributed by atoms with van der Waals surface area (Å²) in [4.78, 5) is 19.4. The first-order chi connectivity index (χ1) is 17.7. The molecule has 0 radical (unpaired) electrons. The smallest absolute Gasteiger partial charge is 0.373 e. The highest BCUT2D eigenvalue weighted by Gasteiger charge is 2.26. The number of benzene rings is 3. The molecule has 8 nitrogen and oxygen atoms in total. The highest BCUT2D eigenvalue weighted by atomic mass is 35.5. The Morgan fingerprint density at radius 1 is 1.00 bits per heavy atom. The summed E-state index contributed by atoms with van der Waals surface area (Å²) in [6, 6.07) is 17.4. The number of nitrogens with zero attached hydrogens (tertiary/aromatic N) is 4. The van der Waals surface area contributed by atoms with Crippen molar-refractivity contribution in [2.75, 3.05) is 5.32 Å². The van der Waals surface area contributed by atoms with Crippen molar-refractivity contribution in [2.24, 2.45) is 0 Å². The summed E-state index contributed by atoms with van der Waals surface area (Å²) in [5.41, 5.74) is 2.78. The van der Waals surface area contributed by atoms with Crippen molar-refractivity contribution in [3.8, 4) is 17.7 Å². The van der Waals surface area contributed by atoms with E-state index in [4.69, 9.17) is 39.5 Å². The van der Waals surface area contributed by atoms with E-state index >= 15 is 0 Å². The average Bonchev–Trinajstić information content (AvgIpc) is 2.86. The van der Waals surface area contributed by atoms with Gasteiger partial charge in [0, 0.05) is 20.8 Å². The topological polar surface area (TPSA) is 114 Å². The summed E-state index contributed by atoms with van der Waals surface area (Å²) in [6.45, 7) is 3.58. The molecule has 1 atom stereocenters. The van der Waals surface area contributed by atoms with Gasteiger partial charge in [-0.15, -0.1) is 0 Å². The van der Waals surface area contributed by atoms with Crippen molar-refractivity contribution in [3.63, 3.8) is 0 Å². The SMILES string of the molecule is Cc1cc(Oc2ncnc(Nc3cc(Cl)c(C(C#N)c4ccc(Cl)cc4)cc3C)c2[N+](=O)[O-])ccc1Cl. The Hall–Kier alpha value is -3.90. The predicted octanol–water partition coefficient (Wildman–Crippen LogP) is 8.15. The number of nitrogens with one attached hydrogen (secondary N) is 1. The number of ether oxygens (including phenoxy) is 1. The van der Waals surface area contributed by atoms with Gasteiger partial charge in [-0.25, -0.2) is 4.98 Å². The van der Waals surface area contributed by atoms with Crippen LogP contribution in [0.3, 0.4) is 0 Å². The molecule has 1 N–H and O–H groups in total. The van der Waals surface area contributed by atoms with Crippen molar-refractivity contribution >= 4 is 52.0 Å². The lowest BCUT2D eigenvalue weighted by atomic mass is 9.91. The zero-order valence-electron chi connectivity index (χ0n) is 19.5. The lowest BCUT2D eigenvalue weighted by Crippen LogP contribution is -2.06. The molecule has 4 aromatic rings. The summed E-state index contributed by atoms with van der Waals surface area (Å²) < 4.78 is 5.70. The summed E-state index contributed by atoms with van der Waals surface area (Å²) in [5, 5.41) is 26.2. The van der Waals surface area contributed by atoms with Crippen molar-refractivity contribution in [1.29, 1.82) is 5.26 Å². The molecule has 11 heteroatoms. The highest BCUT2D eigenvalue weighted by molar-refractivity contribution is 6.32. The number of rotatable bonds is 7. The second-order valence-electron chi connectivity index (χ2n) is 8.07. The zero-order valence-corrected chi connectivity index (χ0v) is 21.8.